The quantitative estimate of drug-likeness (QED) is 0.753. The molecule has 0 bridgehead atoms. The Bertz CT molecular complexity index is 576. The molecule has 0 amide bonds. The van der Waals surface area contributed by atoms with Gasteiger partial charge in [0.25, 0.3) is 0 Å². The molecule has 0 saturated heterocycles. The normalized spacial score (nSPS) is 15.7. The zero-order valence-corrected chi connectivity index (χ0v) is 12.1. The van der Waals surface area contributed by atoms with E-state index >= 15 is 0 Å². The molecule has 5 heteroatoms. The van der Waals surface area contributed by atoms with Crippen molar-refractivity contribution in [3.8, 4) is 0 Å². The summed E-state index contributed by atoms with van der Waals surface area (Å²) in [6.45, 7) is 3.95. The molecule has 0 radical (unpaired) electrons. The number of sulfonamides is 1. The fourth-order valence-corrected chi connectivity index (χ4v) is 3.92. The first-order chi connectivity index (χ1) is 8.96. The zero-order valence-electron chi connectivity index (χ0n) is 11.3. The molecule has 4 nitrogen and oxygen atoms in total. The second kappa shape index (κ2) is 5.43. The van der Waals surface area contributed by atoms with Crippen molar-refractivity contribution in [3.05, 3.63) is 29.8 Å². The monoisotopic (exact) mass is 281 g/mol. The van der Waals surface area contributed by atoms with E-state index in [0.29, 0.717) is 12.1 Å². The first kappa shape index (κ1) is 14.2. The minimum Gasteiger partial charge on any atom is -0.295 e. The number of benzene rings is 1. The van der Waals surface area contributed by atoms with E-state index in [9.17, 15) is 13.2 Å². The highest BCUT2D eigenvalue weighted by Crippen LogP contribution is 2.32. The van der Waals surface area contributed by atoms with Crippen molar-refractivity contribution >= 4 is 15.8 Å². The predicted molar refractivity (Wildman–Crippen MR) is 73.7 cm³/mol. The van der Waals surface area contributed by atoms with E-state index in [1.807, 2.05) is 6.92 Å². The van der Waals surface area contributed by atoms with Gasteiger partial charge in [-0.25, -0.2) is 8.42 Å². The Morgan fingerprint density at radius 1 is 1.37 bits per heavy atom. The molecule has 1 fully saturated rings. The molecule has 0 unspecified atom stereocenters. The highest BCUT2D eigenvalue weighted by Gasteiger charge is 2.37. The second-order valence-corrected chi connectivity index (χ2v) is 6.82. The third kappa shape index (κ3) is 3.04. The van der Waals surface area contributed by atoms with Crippen LogP contribution in [0.5, 0.6) is 0 Å². The molecular weight excluding hydrogens is 262 g/mol. The van der Waals surface area contributed by atoms with Gasteiger partial charge in [-0.15, -0.1) is 0 Å². The van der Waals surface area contributed by atoms with Crippen LogP contribution in [0.2, 0.25) is 0 Å². The number of hydrogen-bond donors (Lipinski definition) is 0. The average Bonchev–Trinajstić information content (AvgIpc) is 3.20. The second-order valence-electron chi connectivity index (χ2n) is 4.93. The molecule has 0 aliphatic heterocycles. The molecule has 0 heterocycles. The lowest BCUT2D eigenvalue weighted by Crippen LogP contribution is -2.33. The average molecular weight is 281 g/mol. The number of nitrogens with zero attached hydrogens (tertiary/aromatic N) is 1. The van der Waals surface area contributed by atoms with Crippen molar-refractivity contribution in [1.29, 1.82) is 0 Å². The van der Waals surface area contributed by atoms with Gasteiger partial charge < -0.3 is 0 Å². The number of hydrogen-bond acceptors (Lipinski definition) is 3. The Morgan fingerprint density at radius 3 is 2.58 bits per heavy atom. The van der Waals surface area contributed by atoms with Crippen molar-refractivity contribution in [2.45, 2.75) is 44.0 Å². The summed E-state index contributed by atoms with van der Waals surface area (Å²) in [5, 5.41) is 0. The van der Waals surface area contributed by atoms with E-state index in [2.05, 4.69) is 0 Å². The van der Waals surface area contributed by atoms with E-state index in [1.165, 1.54) is 13.0 Å². The molecule has 2 rings (SSSR count). The Kier molecular flexibility index (Phi) is 4.06. The lowest BCUT2D eigenvalue weighted by Gasteiger charge is -2.21. The van der Waals surface area contributed by atoms with Gasteiger partial charge in [-0.3, -0.25) is 4.79 Å². The number of Topliss-reactive ketones (excluding diaryl/α,β-unsaturated/α-hetero) is 1. The van der Waals surface area contributed by atoms with E-state index in [0.717, 1.165) is 19.3 Å². The van der Waals surface area contributed by atoms with Gasteiger partial charge in [-0.05, 0) is 38.3 Å². The molecule has 1 aromatic carbocycles. The van der Waals surface area contributed by atoms with E-state index in [-0.39, 0.29) is 16.7 Å². The smallest absolute Gasteiger partial charge is 0.243 e. The van der Waals surface area contributed by atoms with Gasteiger partial charge >= 0.3 is 0 Å². The fraction of sp³-hybridized carbons (Fsp3) is 0.500. The minimum absolute atomic E-state index is 0.120. The van der Waals surface area contributed by atoms with Crippen LogP contribution in [0.1, 0.15) is 43.5 Å². The Labute approximate surface area is 114 Å². The SMILES string of the molecule is CCCN(C1CC1)S(=O)(=O)c1cccc(C(C)=O)c1. The summed E-state index contributed by atoms with van der Waals surface area (Å²) < 4.78 is 26.8. The molecule has 0 spiro atoms. The summed E-state index contributed by atoms with van der Waals surface area (Å²) in [5.74, 6) is -0.120. The summed E-state index contributed by atoms with van der Waals surface area (Å²) in [5.41, 5.74) is 0.438. The predicted octanol–water partition coefficient (Wildman–Crippen LogP) is 2.45. The van der Waals surface area contributed by atoms with Gasteiger partial charge in [0.2, 0.25) is 10.0 Å². The maximum atomic E-state index is 12.6. The van der Waals surface area contributed by atoms with Gasteiger partial charge in [0.05, 0.1) is 4.90 Å². The first-order valence-electron chi connectivity index (χ1n) is 6.59. The standard InChI is InChI=1S/C14H19NO3S/c1-3-9-15(13-7-8-13)19(17,18)14-6-4-5-12(10-14)11(2)16/h4-6,10,13H,3,7-9H2,1-2H3. The molecule has 1 saturated carbocycles. The maximum absolute atomic E-state index is 12.6. The van der Waals surface area contributed by atoms with Crippen molar-refractivity contribution in [2.24, 2.45) is 0 Å². The van der Waals surface area contributed by atoms with Crippen LogP contribution < -0.4 is 0 Å². The van der Waals surface area contributed by atoms with Gasteiger partial charge in [-0.1, -0.05) is 19.1 Å². The van der Waals surface area contributed by atoms with Gasteiger partial charge in [0.1, 0.15) is 0 Å². The first-order valence-corrected chi connectivity index (χ1v) is 8.03. The van der Waals surface area contributed by atoms with Crippen LogP contribution in [-0.2, 0) is 10.0 Å². The summed E-state index contributed by atoms with van der Waals surface area (Å²) in [7, 11) is -3.47. The largest absolute Gasteiger partial charge is 0.295 e. The van der Waals surface area contributed by atoms with Crippen LogP contribution in [0.25, 0.3) is 0 Å². The summed E-state index contributed by atoms with van der Waals surface area (Å²) >= 11 is 0. The van der Waals surface area contributed by atoms with Crippen LogP contribution in [0.3, 0.4) is 0 Å². The molecule has 104 valence electrons. The third-order valence-electron chi connectivity index (χ3n) is 3.25. The number of carbonyl (C=O) groups is 1. The Hall–Kier alpha value is -1.20. The van der Waals surface area contributed by atoms with Crippen LogP contribution >= 0.6 is 0 Å². The van der Waals surface area contributed by atoms with Crippen molar-refractivity contribution in [3.63, 3.8) is 0 Å². The highest BCUT2D eigenvalue weighted by molar-refractivity contribution is 7.89. The van der Waals surface area contributed by atoms with E-state index in [1.54, 1.807) is 22.5 Å². The fourth-order valence-electron chi connectivity index (χ4n) is 2.09. The van der Waals surface area contributed by atoms with Gasteiger partial charge in [0, 0.05) is 18.2 Å². The van der Waals surface area contributed by atoms with Gasteiger partial charge in [-0.2, -0.15) is 4.31 Å². The molecule has 1 aliphatic rings. The van der Waals surface area contributed by atoms with Crippen molar-refractivity contribution in [2.75, 3.05) is 6.54 Å². The molecule has 1 aliphatic carbocycles. The number of rotatable bonds is 6. The molecule has 19 heavy (non-hydrogen) atoms. The molecule has 0 aromatic heterocycles. The van der Waals surface area contributed by atoms with Crippen LogP contribution in [0.4, 0.5) is 0 Å². The molecule has 0 N–H and O–H groups in total. The van der Waals surface area contributed by atoms with E-state index in [4.69, 9.17) is 0 Å². The highest BCUT2D eigenvalue weighted by atomic mass is 32.2. The van der Waals surface area contributed by atoms with E-state index < -0.39 is 10.0 Å². The molecular formula is C14H19NO3S. The lowest BCUT2D eigenvalue weighted by molar-refractivity contribution is 0.101. The Morgan fingerprint density at radius 2 is 2.05 bits per heavy atom. The maximum Gasteiger partial charge on any atom is 0.243 e. The molecule has 0 atom stereocenters. The van der Waals surface area contributed by atoms with Crippen molar-refractivity contribution in [1.82, 2.24) is 4.31 Å². The van der Waals surface area contributed by atoms with Crippen LogP contribution in [0, 0.1) is 0 Å². The summed E-state index contributed by atoms with van der Waals surface area (Å²) in [6, 6.07) is 6.45. The minimum atomic E-state index is -3.47. The van der Waals surface area contributed by atoms with Gasteiger partial charge in [0.15, 0.2) is 5.78 Å². The summed E-state index contributed by atoms with van der Waals surface area (Å²) in [6.07, 6.45) is 2.67. The van der Waals surface area contributed by atoms with Crippen molar-refractivity contribution < 1.29 is 13.2 Å². The molecule has 1 aromatic rings. The third-order valence-corrected chi connectivity index (χ3v) is 5.19. The number of carbonyl (C=O) groups excluding carboxylic acids is 1. The zero-order chi connectivity index (χ0) is 14.0. The number of ketones is 1. The van der Waals surface area contributed by atoms with Crippen LogP contribution in [-0.4, -0.2) is 31.1 Å². The Balaban J connectivity index is 2.37. The summed E-state index contributed by atoms with van der Waals surface area (Å²) in [4.78, 5) is 11.6. The van der Waals surface area contributed by atoms with Crippen LogP contribution in [0.15, 0.2) is 29.2 Å². The topological polar surface area (TPSA) is 54.5 Å². The lowest BCUT2D eigenvalue weighted by atomic mass is 10.2.